The lowest BCUT2D eigenvalue weighted by atomic mass is 10.2. The molecule has 0 radical (unpaired) electrons. The van der Waals surface area contributed by atoms with Crippen LogP contribution in [-0.4, -0.2) is 24.8 Å². The Morgan fingerprint density at radius 2 is 2.05 bits per heavy atom. The van der Waals surface area contributed by atoms with Crippen LogP contribution in [0, 0.1) is 5.82 Å². The summed E-state index contributed by atoms with van der Waals surface area (Å²) in [7, 11) is 0. The molecule has 0 spiro atoms. The molecule has 0 saturated heterocycles. The maximum atomic E-state index is 12.8. The second-order valence-electron chi connectivity index (χ2n) is 5.09. The summed E-state index contributed by atoms with van der Waals surface area (Å²) >= 11 is 0. The van der Waals surface area contributed by atoms with Crippen LogP contribution in [0.4, 0.5) is 20.6 Å². The second-order valence-corrected chi connectivity index (χ2v) is 5.09. The van der Waals surface area contributed by atoms with Crippen molar-refractivity contribution in [2.24, 2.45) is 0 Å². The van der Waals surface area contributed by atoms with E-state index in [9.17, 15) is 9.18 Å². The number of alkyl carbamates (subject to hydrolysis) is 1. The molecule has 1 amide bonds. The molecule has 1 rings (SSSR count). The number of nitrogens with one attached hydrogen (secondary N) is 2. The van der Waals surface area contributed by atoms with E-state index in [0.717, 1.165) is 0 Å². The number of carbonyl (C=O) groups is 1. The third-order valence-electron chi connectivity index (χ3n) is 2.12. The Hall–Kier alpha value is -1.98. The van der Waals surface area contributed by atoms with Gasteiger partial charge in [0.05, 0.1) is 11.4 Å². The predicted molar refractivity (Wildman–Crippen MR) is 73.5 cm³/mol. The number of carbonyl (C=O) groups excluding carboxylic acids is 1. The van der Waals surface area contributed by atoms with Crippen LogP contribution in [0.5, 0.6) is 0 Å². The van der Waals surface area contributed by atoms with Gasteiger partial charge in [0.2, 0.25) is 0 Å². The first-order chi connectivity index (χ1) is 8.78. The van der Waals surface area contributed by atoms with E-state index < -0.39 is 11.7 Å². The molecular weight excluding hydrogens is 249 g/mol. The van der Waals surface area contributed by atoms with E-state index in [2.05, 4.69) is 10.6 Å². The lowest BCUT2D eigenvalue weighted by molar-refractivity contribution is 0.0530. The SMILES string of the molecule is CC(C)(C)OC(=O)NCCNc1ccc(F)cc1N. The zero-order valence-corrected chi connectivity index (χ0v) is 11.4. The molecule has 0 fully saturated rings. The minimum absolute atomic E-state index is 0.331. The topological polar surface area (TPSA) is 76.4 Å². The Labute approximate surface area is 112 Å². The molecule has 106 valence electrons. The lowest BCUT2D eigenvalue weighted by Crippen LogP contribution is -2.35. The Kier molecular flexibility index (Phi) is 4.97. The number of benzene rings is 1. The minimum Gasteiger partial charge on any atom is -0.444 e. The summed E-state index contributed by atoms with van der Waals surface area (Å²) in [5.74, 6) is -0.380. The maximum absolute atomic E-state index is 12.8. The van der Waals surface area contributed by atoms with Crippen LogP contribution in [0.3, 0.4) is 0 Å². The van der Waals surface area contributed by atoms with E-state index >= 15 is 0 Å². The molecule has 0 aromatic heterocycles. The molecule has 0 aliphatic rings. The molecule has 1 aromatic rings. The van der Waals surface area contributed by atoms with Gasteiger partial charge in [-0.25, -0.2) is 9.18 Å². The Morgan fingerprint density at radius 1 is 1.37 bits per heavy atom. The third kappa shape index (κ3) is 5.94. The Balaban J connectivity index is 2.29. The van der Waals surface area contributed by atoms with E-state index in [0.29, 0.717) is 24.5 Å². The molecule has 0 heterocycles. The van der Waals surface area contributed by atoms with Gasteiger partial charge < -0.3 is 21.1 Å². The first kappa shape index (κ1) is 15.1. The number of nitrogen functional groups attached to an aromatic ring is 1. The number of halogens is 1. The van der Waals surface area contributed by atoms with Crippen LogP contribution in [0.1, 0.15) is 20.8 Å². The van der Waals surface area contributed by atoms with Gasteiger partial charge in [-0.3, -0.25) is 0 Å². The van der Waals surface area contributed by atoms with Crippen molar-refractivity contribution in [1.29, 1.82) is 0 Å². The average molecular weight is 269 g/mol. The van der Waals surface area contributed by atoms with Gasteiger partial charge in [0, 0.05) is 13.1 Å². The van der Waals surface area contributed by atoms with E-state index in [1.54, 1.807) is 26.8 Å². The van der Waals surface area contributed by atoms with Crippen molar-refractivity contribution < 1.29 is 13.9 Å². The van der Waals surface area contributed by atoms with Gasteiger partial charge in [-0.05, 0) is 39.0 Å². The Morgan fingerprint density at radius 3 is 2.63 bits per heavy atom. The van der Waals surface area contributed by atoms with E-state index in [1.807, 2.05) is 0 Å². The van der Waals surface area contributed by atoms with Crippen molar-refractivity contribution in [2.75, 3.05) is 24.1 Å². The van der Waals surface area contributed by atoms with Crippen molar-refractivity contribution in [2.45, 2.75) is 26.4 Å². The first-order valence-electron chi connectivity index (χ1n) is 6.04. The monoisotopic (exact) mass is 269 g/mol. The van der Waals surface area contributed by atoms with E-state index in [1.165, 1.54) is 12.1 Å². The van der Waals surface area contributed by atoms with Gasteiger partial charge in [-0.1, -0.05) is 0 Å². The molecular formula is C13H20FN3O2. The number of hydrogen-bond donors (Lipinski definition) is 3. The highest BCUT2D eigenvalue weighted by atomic mass is 19.1. The van der Waals surface area contributed by atoms with Gasteiger partial charge in [0.25, 0.3) is 0 Å². The fourth-order valence-corrected chi connectivity index (χ4v) is 1.37. The fourth-order valence-electron chi connectivity index (χ4n) is 1.37. The number of rotatable bonds is 4. The molecule has 1 aromatic carbocycles. The quantitative estimate of drug-likeness (QED) is 0.579. The zero-order valence-electron chi connectivity index (χ0n) is 11.4. The van der Waals surface area contributed by atoms with Crippen molar-refractivity contribution >= 4 is 17.5 Å². The van der Waals surface area contributed by atoms with Crippen molar-refractivity contribution in [1.82, 2.24) is 5.32 Å². The highest BCUT2D eigenvalue weighted by Gasteiger charge is 2.15. The van der Waals surface area contributed by atoms with E-state index in [4.69, 9.17) is 10.5 Å². The second kappa shape index (κ2) is 6.26. The highest BCUT2D eigenvalue weighted by Crippen LogP contribution is 2.18. The Bertz CT molecular complexity index is 444. The molecule has 4 N–H and O–H groups in total. The molecule has 0 saturated carbocycles. The summed E-state index contributed by atoms with van der Waals surface area (Å²) in [5.41, 5.74) is 6.08. The van der Waals surface area contributed by atoms with Crippen LogP contribution in [0.15, 0.2) is 18.2 Å². The third-order valence-corrected chi connectivity index (χ3v) is 2.12. The van der Waals surface area contributed by atoms with Crippen LogP contribution >= 0.6 is 0 Å². The summed E-state index contributed by atoms with van der Waals surface area (Å²) < 4.78 is 17.9. The molecule has 0 bridgehead atoms. The van der Waals surface area contributed by atoms with Crippen LogP contribution in [-0.2, 0) is 4.74 Å². The molecule has 0 unspecified atom stereocenters. The summed E-state index contributed by atoms with van der Waals surface area (Å²) in [4.78, 5) is 11.3. The van der Waals surface area contributed by atoms with Crippen molar-refractivity contribution in [3.8, 4) is 0 Å². The van der Waals surface area contributed by atoms with Crippen LogP contribution < -0.4 is 16.4 Å². The van der Waals surface area contributed by atoms with Gasteiger partial charge in [-0.2, -0.15) is 0 Å². The average Bonchev–Trinajstić information content (AvgIpc) is 2.24. The summed E-state index contributed by atoms with van der Waals surface area (Å²) in [5, 5.41) is 5.60. The van der Waals surface area contributed by atoms with Crippen LogP contribution in [0.2, 0.25) is 0 Å². The van der Waals surface area contributed by atoms with Crippen LogP contribution in [0.25, 0.3) is 0 Å². The first-order valence-corrected chi connectivity index (χ1v) is 6.04. The molecule has 0 atom stereocenters. The summed E-state index contributed by atoms with van der Waals surface area (Å²) in [6.07, 6.45) is -0.471. The van der Waals surface area contributed by atoms with Gasteiger partial charge in [-0.15, -0.1) is 0 Å². The standard InChI is InChI=1S/C13H20FN3O2/c1-13(2,3)19-12(18)17-7-6-16-11-5-4-9(14)8-10(11)15/h4-5,8,16H,6-7,15H2,1-3H3,(H,17,18). The molecule has 0 aliphatic carbocycles. The number of nitrogens with two attached hydrogens (primary N) is 1. The fraction of sp³-hybridized carbons (Fsp3) is 0.462. The van der Waals surface area contributed by atoms with Gasteiger partial charge in [0.15, 0.2) is 0 Å². The zero-order chi connectivity index (χ0) is 14.5. The lowest BCUT2D eigenvalue weighted by Gasteiger charge is -2.19. The van der Waals surface area contributed by atoms with Crippen molar-refractivity contribution in [3.05, 3.63) is 24.0 Å². The summed E-state index contributed by atoms with van der Waals surface area (Å²) in [6.45, 7) is 6.24. The maximum Gasteiger partial charge on any atom is 0.407 e. The summed E-state index contributed by atoms with van der Waals surface area (Å²) in [6, 6.07) is 4.11. The largest absolute Gasteiger partial charge is 0.444 e. The number of hydrogen-bond acceptors (Lipinski definition) is 4. The van der Waals surface area contributed by atoms with Gasteiger partial charge >= 0.3 is 6.09 Å². The molecule has 0 aliphatic heterocycles. The smallest absolute Gasteiger partial charge is 0.407 e. The number of amides is 1. The van der Waals surface area contributed by atoms with E-state index in [-0.39, 0.29) is 5.82 Å². The number of ether oxygens (including phenoxy) is 1. The van der Waals surface area contributed by atoms with Gasteiger partial charge in [0.1, 0.15) is 11.4 Å². The normalized spacial score (nSPS) is 10.9. The molecule has 19 heavy (non-hydrogen) atoms. The highest BCUT2D eigenvalue weighted by molar-refractivity contribution is 5.68. The number of anilines is 2. The van der Waals surface area contributed by atoms with Crippen molar-refractivity contribution in [3.63, 3.8) is 0 Å². The molecule has 5 nitrogen and oxygen atoms in total. The molecule has 6 heteroatoms. The predicted octanol–water partition coefficient (Wildman–Crippen LogP) is 2.34. The minimum atomic E-state index is -0.515.